The smallest absolute Gasteiger partial charge is 0.0426 e. The Labute approximate surface area is 113 Å². The first kappa shape index (κ1) is 12.9. The Balaban J connectivity index is 2.08. The Morgan fingerprint density at radius 2 is 1.89 bits per heavy atom. The molecule has 0 amide bonds. The van der Waals surface area contributed by atoms with Gasteiger partial charge in [-0.2, -0.15) is 0 Å². The van der Waals surface area contributed by atoms with Crippen molar-refractivity contribution in [1.29, 1.82) is 0 Å². The van der Waals surface area contributed by atoms with Crippen molar-refractivity contribution in [2.45, 2.75) is 20.0 Å². The average molecular weight is 261 g/mol. The molecule has 3 N–H and O–H groups in total. The van der Waals surface area contributed by atoms with Crippen LogP contribution < -0.4 is 11.1 Å². The minimum atomic E-state index is 0.573. The molecule has 2 rings (SSSR count). The van der Waals surface area contributed by atoms with E-state index in [2.05, 4.69) is 24.4 Å². The maximum Gasteiger partial charge on any atom is 0.0426 e. The Kier molecular flexibility index (Phi) is 4.24. The number of rotatable bonds is 4. The van der Waals surface area contributed by atoms with Gasteiger partial charge in [-0.25, -0.2) is 0 Å². The second-order valence-corrected chi connectivity index (χ2v) is 4.77. The van der Waals surface area contributed by atoms with Crippen LogP contribution in [0.15, 0.2) is 42.5 Å². The summed E-state index contributed by atoms with van der Waals surface area (Å²) in [5.41, 5.74) is 10.3. The molecule has 0 atom stereocenters. The second-order valence-electron chi connectivity index (χ2n) is 4.34. The van der Waals surface area contributed by atoms with Gasteiger partial charge in [0.1, 0.15) is 0 Å². The van der Waals surface area contributed by atoms with E-state index in [1.807, 2.05) is 30.3 Å². The molecule has 18 heavy (non-hydrogen) atoms. The van der Waals surface area contributed by atoms with Gasteiger partial charge in [0.2, 0.25) is 0 Å². The number of hydrogen-bond acceptors (Lipinski definition) is 2. The van der Waals surface area contributed by atoms with E-state index in [0.717, 1.165) is 22.8 Å². The van der Waals surface area contributed by atoms with Crippen molar-refractivity contribution in [3.8, 4) is 0 Å². The summed E-state index contributed by atoms with van der Waals surface area (Å²) in [4.78, 5) is 0. The zero-order valence-electron chi connectivity index (χ0n) is 10.4. The molecule has 0 aromatic heterocycles. The lowest BCUT2D eigenvalue weighted by atomic mass is 10.1. The molecule has 0 radical (unpaired) electrons. The summed E-state index contributed by atoms with van der Waals surface area (Å²) in [5, 5.41) is 4.14. The molecular weight excluding hydrogens is 244 g/mol. The molecule has 0 saturated carbocycles. The molecule has 0 bridgehead atoms. The Morgan fingerprint density at radius 1 is 1.11 bits per heavy atom. The van der Waals surface area contributed by atoms with Crippen LogP contribution in [0, 0.1) is 6.92 Å². The van der Waals surface area contributed by atoms with E-state index in [9.17, 15) is 0 Å². The van der Waals surface area contributed by atoms with E-state index in [0.29, 0.717) is 6.54 Å². The molecule has 0 heterocycles. The van der Waals surface area contributed by atoms with E-state index in [1.54, 1.807) is 0 Å². The predicted octanol–water partition coefficient (Wildman–Crippen LogP) is 3.72. The van der Waals surface area contributed by atoms with Crippen molar-refractivity contribution >= 4 is 17.3 Å². The number of halogens is 1. The minimum Gasteiger partial charge on any atom is -0.381 e. The monoisotopic (exact) mass is 260 g/mol. The van der Waals surface area contributed by atoms with Gasteiger partial charge in [-0.05, 0) is 35.7 Å². The van der Waals surface area contributed by atoms with Crippen LogP contribution >= 0.6 is 11.6 Å². The summed E-state index contributed by atoms with van der Waals surface area (Å²) in [6.07, 6.45) is 0. The highest BCUT2D eigenvalue weighted by molar-refractivity contribution is 6.30. The Morgan fingerprint density at radius 3 is 2.67 bits per heavy atom. The number of hydrogen-bond donors (Lipinski definition) is 2. The molecule has 2 aromatic rings. The van der Waals surface area contributed by atoms with Crippen LogP contribution in [-0.2, 0) is 13.1 Å². The lowest BCUT2D eigenvalue weighted by Crippen LogP contribution is -2.03. The first-order chi connectivity index (χ1) is 8.69. The average Bonchev–Trinajstić information content (AvgIpc) is 2.40. The maximum absolute atomic E-state index is 5.99. The zero-order valence-corrected chi connectivity index (χ0v) is 11.2. The van der Waals surface area contributed by atoms with Gasteiger partial charge in [0, 0.05) is 23.8 Å². The molecule has 3 heteroatoms. The van der Waals surface area contributed by atoms with Gasteiger partial charge >= 0.3 is 0 Å². The molecule has 0 aliphatic rings. The number of benzene rings is 2. The lowest BCUT2D eigenvalue weighted by Gasteiger charge is -2.10. The van der Waals surface area contributed by atoms with Crippen LogP contribution in [0.5, 0.6) is 0 Å². The van der Waals surface area contributed by atoms with Crippen LogP contribution in [0.25, 0.3) is 0 Å². The highest BCUT2D eigenvalue weighted by atomic mass is 35.5. The highest BCUT2D eigenvalue weighted by Crippen LogP contribution is 2.20. The number of nitrogens with two attached hydrogens (primary N) is 1. The SMILES string of the molecule is Cc1ccc(Cl)cc1NCc1cccc(CN)c1. The summed E-state index contributed by atoms with van der Waals surface area (Å²) in [7, 11) is 0. The van der Waals surface area contributed by atoms with Crippen molar-refractivity contribution in [2.75, 3.05) is 5.32 Å². The Hall–Kier alpha value is -1.51. The third kappa shape index (κ3) is 3.25. The fourth-order valence-electron chi connectivity index (χ4n) is 1.85. The topological polar surface area (TPSA) is 38.0 Å². The first-order valence-corrected chi connectivity index (χ1v) is 6.35. The first-order valence-electron chi connectivity index (χ1n) is 5.97. The molecule has 2 nitrogen and oxygen atoms in total. The van der Waals surface area contributed by atoms with Gasteiger partial charge in [0.15, 0.2) is 0 Å². The standard InChI is InChI=1S/C15H17ClN2/c1-11-5-6-14(16)8-15(11)18-10-13-4-2-3-12(7-13)9-17/h2-8,18H,9-10,17H2,1H3. The number of nitrogens with one attached hydrogen (secondary N) is 1. The third-order valence-electron chi connectivity index (χ3n) is 2.91. The fourth-order valence-corrected chi connectivity index (χ4v) is 2.02. The third-order valence-corrected chi connectivity index (χ3v) is 3.14. The molecule has 0 aliphatic carbocycles. The normalized spacial score (nSPS) is 10.4. The highest BCUT2D eigenvalue weighted by Gasteiger charge is 2.00. The van der Waals surface area contributed by atoms with Crippen LogP contribution in [0.1, 0.15) is 16.7 Å². The van der Waals surface area contributed by atoms with Crippen LogP contribution in [0.3, 0.4) is 0 Å². The summed E-state index contributed by atoms with van der Waals surface area (Å²) < 4.78 is 0. The lowest BCUT2D eigenvalue weighted by molar-refractivity contribution is 1.05. The summed E-state index contributed by atoms with van der Waals surface area (Å²) >= 11 is 5.99. The molecular formula is C15H17ClN2. The molecule has 0 aliphatic heterocycles. The van der Waals surface area contributed by atoms with Crippen LogP contribution in [0.2, 0.25) is 5.02 Å². The van der Waals surface area contributed by atoms with Crippen molar-refractivity contribution in [1.82, 2.24) is 0 Å². The molecule has 0 unspecified atom stereocenters. The van der Waals surface area contributed by atoms with E-state index in [-0.39, 0.29) is 0 Å². The van der Waals surface area contributed by atoms with E-state index < -0.39 is 0 Å². The van der Waals surface area contributed by atoms with Crippen molar-refractivity contribution in [2.24, 2.45) is 5.73 Å². The van der Waals surface area contributed by atoms with Crippen molar-refractivity contribution < 1.29 is 0 Å². The van der Waals surface area contributed by atoms with Gasteiger partial charge in [-0.1, -0.05) is 41.9 Å². The van der Waals surface area contributed by atoms with Gasteiger partial charge in [-0.15, -0.1) is 0 Å². The van der Waals surface area contributed by atoms with Crippen LogP contribution in [-0.4, -0.2) is 0 Å². The van der Waals surface area contributed by atoms with Crippen molar-refractivity contribution in [3.63, 3.8) is 0 Å². The number of anilines is 1. The molecule has 94 valence electrons. The van der Waals surface area contributed by atoms with E-state index in [4.69, 9.17) is 17.3 Å². The van der Waals surface area contributed by atoms with Crippen LogP contribution in [0.4, 0.5) is 5.69 Å². The maximum atomic E-state index is 5.99. The molecule has 2 aromatic carbocycles. The predicted molar refractivity (Wildman–Crippen MR) is 77.8 cm³/mol. The largest absolute Gasteiger partial charge is 0.381 e. The van der Waals surface area contributed by atoms with Gasteiger partial charge in [0.25, 0.3) is 0 Å². The van der Waals surface area contributed by atoms with Gasteiger partial charge in [-0.3, -0.25) is 0 Å². The second kappa shape index (κ2) is 5.89. The number of aryl methyl sites for hydroxylation is 1. The van der Waals surface area contributed by atoms with E-state index >= 15 is 0 Å². The van der Waals surface area contributed by atoms with Crippen molar-refractivity contribution in [3.05, 3.63) is 64.2 Å². The molecule has 0 fully saturated rings. The quantitative estimate of drug-likeness (QED) is 0.879. The summed E-state index contributed by atoms with van der Waals surface area (Å²) in [6, 6.07) is 14.1. The Bertz CT molecular complexity index is 538. The molecule has 0 spiro atoms. The summed E-state index contributed by atoms with van der Waals surface area (Å²) in [5.74, 6) is 0. The minimum absolute atomic E-state index is 0.573. The summed E-state index contributed by atoms with van der Waals surface area (Å²) in [6.45, 7) is 3.41. The zero-order chi connectivity index (χ0) is 13.0. The molecule has 0 saturated heterocycles. The van der Waals surface area contributed by atoms with E-state index in [1.165, 1.54) is 11.1 Å². The van der Waals surface area contributed by atoms with Gasteiger partial charge in [0.05, 0.1) is 0 Å². The van der Waals surface area contributed by atoms with Gasteiger partial charge < -0.3 is 11.1 Å². The fraction of sp³-hybridized carbons (Fsp3) is 0.200.